The summed E-state index contributed by atoms with van der Waals surface area (Å²) in [6.07, 6.45) is 0.170. The quantitative estimate of drug-likeness (QED) is 0.116. The van der Waals surface area contributed by atoms with Crippen LogP contribution in [0.25, 0.3) is 11.3 Å². The van der Waals surface area contributed by atoms with E-state index in [1.165, 1.54) is 12.4 Å². The van der Waals surface area contributed by atoms with E-state index in [1.807, 2.05) is 0 Å². The molecule has 0 spiro atoms. The van der Waals surface area contributed by atoms with E-state index in [2.05, 4.69) is 35.7 Å². The minimum atomic E-state index is -4.80. The van der Waals surface area contributed by atoms with Crippen molar-refractivity contribution in [2.45, 2.75) is 34.7 Å². The molecule has 3 aromatic rings. The van der Waals surface area contributed by atoms with Crippen LogP contribution in [0.3, 0.4) is 0 Å². The zero-order valence-corrected chi connectivity index (χ0v) is 22.1. The molecule has 4 N–H and O–H groups in total. The molecule has 3 heterocycles. The summed E-state index contributed by atoms with van der Waals surface area (Å²) in [6.45, 7) is -1.22. The van der Waals surface area contributed by atoms with Crippen LogP contribution in [0.5, 0.6) is 0 Å². The number of benzene rings is 1. The highest BCUT2D eigenvalue weighted by atomic mass is 79.9. The normalized spacial score (nSPS) is 24.1. The Balaban J connectivity index is 1.60. The van der Waals surface area contributed by atoms with Crippen LogP contribution in [0.2, 0.25) is 0 Å². The Kier molecular flexibility index (Phi) is 9.24. The molecule has 4 rings (SSSR count). The van der Waals surface area contributed by atoms with Crippen LogP contribution in [-0.2, 0) is 18.6 Å². The monoisotopic (exact) mass is 642 g/mol. The summed E-state index contributed by atoms with van der Waals surface area (Å²) in [7, 11) is -4.80. The van der Waals surface area contributed by atoms with Gasteiger partial charge >= 0.3 is 7.82 Å². The Morgan fingerprint density at radius 1 is 1.13 bits per heavy atom. The van der Waals surface area contributed by atoms with Crippen LogP contribution in [0.1, 0.15) is 6.04 Å². The summed E-state index contributed by atoms with van der Waals surface area (Å²) in [4.78, 5) is 22.2. The molecule has 206 valence electrons. The Bertz CT molecular complexity index is 1310. The summed E-state index contributed by atoms with van der Waals surface area (Å²) in [5, 5.41) is 29.8. The molecule has 0 bridgehead atoms. The number of thioether (sulfide) groups is 1. The summed E-state index contributed by atoms with van der Waals surface area (Å²) in [5.74, 6) is -4.52. The molecule has 1 aliphatic rings. The third kappa shape index (κ3) is 6.98. The fraction of sp³-hybridized carbons (Fsp3) is 0.350. The Morgan fingerprint density at radius 3 is 2.50 bits per heavy atom. The van der Waals surface area contributed by atoms with E-state index >= 15 is 0 Å². The molecule has 1 fully saturated rings. The van der Waals surface area contributed by atoms with Crippen LogP contribution >= 0.6 is 35.5 Å². The number of pyridine rings is 1. The van der Waals surface area contributed by atoms with Gasteiger partial charge in [0.05, 0.1) is 12.8 Å². The second-order valence-corrected chi connectivity index (χ2v) is 11.2. The van der Waals surface area contributed by atoms with Gasteiger partial charge < -0.3 is 29.5 Å². The van der Waals surface area contributed by atoms with Crippen LogP contribution in [0.15, 0.2) is 46.2 Å². The Labute approximate surface area is 225 Å². The summed E-state index contributed by atoms with van der Waals surface area (Å²) in [6, 6.07) is 1.92. The van der Waals surface area contributed by atoms with E-state index in [0.717, 1.165) is 28.6 Å². The van der Waals surface area contributed by atoms with E-state index < -0.39 is 68.5 Å². The highest BCUT2D eigenvalue weighted by Gasteiger charge is 2.47. The summed E-state index contributed by atoms with van der Waals surface area (Å²) >= 11 is 4.35. The molecule has 1 aromatic carbocycles. The molecule has 0 aliphatic carbocycles. The number of halogens is 4. The van der Waals surface area contributed by atoms with Gasteiger partial charge in [-0.05, 0) is 34.1 Å². The zero-order chi connectivity index (χ0) is 27.6. The van der Waals surface area contributed by atoms with Crippen LogP contribution in [-0.4, -0.2) is 77.1 Å². The Morgan fingerprint density at radius 2 is 1.84 bits per heavy atom. The van der Waals surface area contributed by atoms with Crippen molar-refractivity contribution in [3.05, 3.63) is 58.7 Å². The average Bonchev–Trinajstić information content (AvgIpc) is 3.32. The number of hydrogen-bond acceptors (Lipinski definition) is 10. The SMILES string of the molecule is O=P(O)(O)OCOC[C@H]1O[C@H](Sc2cncc(Br)c2)[C@H](O)[C@@H](n2cc(-c3cc(F)c(F)c(F)c3)nn2)[C@H]1O. The van der Waals surface area contributed by atoms with Gasteiger partial charge in [-0.2, -0.15) is 0 Å². The van der Waals surface area contributed by atoms with Gasteiger partial charge in [0.15, 0.2) is 24.2 Å². The standard InChI is InChI=1S/C20H19BrF3N4O8PS/c21-10-3-11(5-25-4-10)38-20-19(30)17(18(29)15(36-20)7-34-8-35-37(31,32)33)28-6-14(26-27-28)9-1-12(22)16(24)13(23)2-9/h1-6,15,17-20,29-30H,7-8H2,(H2,31,32,33)/t15-,17+,18+,19-,20-/m1/s1. The first-order chi connectivity index (χ1) is 17.9. The molecule has 5 atom stereocenters. The molecule has 38 heavy (non-hydrogen) atoms. The number of phosphoric acid groups is 1. The van der Waals surface area contributed by atoms with E-state index in [-0.39, 0.29) is 11.3 Å². The lowest BCUT2D eigenvalue weighted by molar-refractivity contribution is -0.190. The molecule has 0 amide bonds. The summed E-state index contributed by atoms with van der Waals surface area (Å²) in [5.41, 5.74) is -1.25. The molecule has 0 saturated carbocycles. The predicted octanol–water partition coefficient (Wildman–Crippen LogP) is 2.38. The molecule has 1 saturated heterocycles. The number of aliphatic hydroxyl groups excluding tert-OH is 2. The molecule has 0 radical (unpaired) electrons. The smallest absolute Gasteiger partial charge is 0.388 e. The van der Waals surface area contributed by atoms with Crippen molar-refractivity contribution in [3.63, 3.8) is 0 Å². The molecular formula is C20H19BrF3N4O8PS. The highest BCUT2D eigenvalue weighted by molar-refractivity contribution is 9.10. The topological polar surface area (TPSA) is 169 Å². The van der Waals surface area contributed by atoms with Gasteiger partial charge in [0.25, 0.3) is 0 Å². The van der Waals surface area contributed by atoms with Gasteiger partial charge in [-0.1, -0.05) is 17.0 Å². The second-order valence-electron chi connectivity index (χ2n) is 7.92. The molecule has 12 nitrogen and oxygen atoms in total. The maximum absolute atomic E-state index is 13.7. The van der Waals surface area contributed by atoms with Crippen LogP contribution in [0.4, 0.5) is 13.2 Å². The number of aliphatic hydroxyl groups is 2. The van der Waals surface area contributed by atoms with Crippen molar-refractivity contribution in [3.8, 4) is 11.3 Å². The molecule has 2 aromatic heterocycles. The third-order valence-corrected chi connectivity index (χ3v) is 7.28. The van der Waals surface area contributed by atoms with Gasteiger partial charge in [0.2, 0.25) is 0 Å². The molecule has 1 aliphatic heterocycles. The van der Waals surface area contributed by atoms with Crippen LogP contribution in [0, 0.1) is 17.5 Å². The number of rotatable bonds is 9. The van der Waals surface area contributed by atoms with Crippen LogP contribution < -0.4 is 0 Å². The first-order valence-electron chi connectivity index (χ1n) is 10.6. The fourth-order valence-electron chi connectivity index (χ4n) is 3.58. The lowest BCUT2D eigenvalue weighted by Crippen LogP contribution is -2.55. The van der Waals surface area contributed by atoms with Gasteiger partial charge in [-0.25, -0.2) is 22.4 Å². The zero-order valence-electron chi connectivity index (χ0n) is 18.8. The minimum absolute atomic E-state index is 0.0723. The number of hydrogen-bond donors (Lipinski definition) is 4. The van der Waals surface area contributed by atoms with Crippen molar-refractivity contribution in [2.24, 2.45) is 0 Å². The van der Waals surface area contributed by atoms with Crippen molar-refractivity contribution >= 4 is 35.5 Å². The van der Waals surface area contributed by atoms with Crippen molar-refractivity contribution < 1.29 is 51.7 Å². The molecule has 18 heteroatoms. The van der Waals surface area contributed by atoms with Crippen molar-refractivity contribution in [2.75, 3.05) is 13.4 Å². The lowest BCUT2D eigenvalue weighted by Gasteiger charge is -2.42. The lowest BCUT2D eigenvalue weighted by atomic mass is 9.97. The maximum atomic E-state index is 13.7. The first-order valence-corrected chi connectivity index (χ1v) is 13.8. The number of phosphoric ester groups is 1. The summed E-state index contributed by atoms with van der Waals surface area (Å²) < 4.78 is 68.5. The molecule has 0 unspecified atom stereocenters. The fourth-order valence-corrected chi connectivity index (χ4v) is 5.40. The maximum Gasteiger partial charge on any atom is 0.471 e. The first kappa shape index (κ1) is 29.1. The van der Waals surface area contributed by atoms with E-state index in [0.29, 0.717) is 9.37 Å². The highest BCUT2D eigenvalue weighted by Crippen LogP contribution is 2.39. The minimum Gasteiger partial charge on any atom is -0.388 e. The average molecular weight is 643 g/mol. The van der Waals surface area contributed by atoms with Gasteiger partial charge in [0, 0.05) is 27.3 Å². The largest absolute Gasteiger partial charge is 0.471 e. The van der Waals surface area contributed by atoms with E-state index in [9.17, 15) is 27.9 Å². The number of nitrogens with zero attached hydrogens (tertiary/aromatic N) is 4. The number of ether oxygens (including phenoxy) is 2. The predicted molar refractivity (Wildman–Crippen MR) is 127 cm³/mol. The molecular weight excluding hydrogens is 624 g/mol. The van der Waals surface area contributed by atoms with Gasteiger partial charge in [0.1, 0.15) is 35.5 Å². The van der Waals surface area contributed by atoms with Gasteiger partial charge in [-0.15, -0.1) is 5.10 Å². The second kappa shape index (κ2) is 12.1. The number of aromatic nitrogens is 4. The van der Waals surface area contributed by atoms with Gasteiger partial charge in [-0.3, -0.25) is 9.51 Å². The van der Waals surface area contributed by atoms with E-state index in [1.54, 1.807) is 12.3 Å². The van der Waals surface area contributed by atoms with E-state index in [4.69, 9.17) is 19.3 Å². The Hall–Kier alpha value is -1.92. The van der Waals surface area contributed by atoms with Crippen molar-refractivity contribution in [1.29, 1.82) is 0 Å². The third-order valence-electron chi connectivity index (χ3n) is 5.28. The van der Waals surface area contributed by atoms with Crippen molar-refractivity contribution in [1.82, 2.24) is 20.0 Å².